The second kappa shape index (κ2) is 9.88. The van der Waals surface area contributed by atoms with E-state index >= 15 is 0 Å². The summed E-state index contributed by atoms with van der Waals surface area (Å²) in [5.41, 5.74) is 17.4. The number of aliphatic imine (C=N–C) groups is 2. The van der Waals surface area contributed by atoms with Crippen LogP contribution < -0.4 is 22.5 Å². The summed E-state index contributed by atoms with van der Waals surface area (Å²) < 4.78 is 0. The molecule has 7 N–H and O–H groups in total. The first kappa shape index (κ1) is 20.6. The highest BCUT2D eigenvalue weighted by Gasteiger charge is 2.17. The van der Waals surface area contributed by atoms with Crippen molar-refractivity contribution in [3.63, 3.8) is 0 Å². The molecule has 0 aliphatic rings. The monoisotopic (exact) mass is 382 g/mol. The van der Waals surface area contributed by atoms with Gasteiger partial charge in [0.15, 0.2) is 11.5 Å². The fraction of sp³-hybridized carbons (Fsp3) is 0.222. The van der Waals surface area contributed by atoms with Crippen LogP contribution in [0.3, 0.4) is 0 Å². The molecule has 2 rings (SSSR count). The smallest absolute Gasteiger partial charge is 0.271 e. The number of carbonyl (C=O) groups is 2. The Morgan fingerprint density at radius 2 is 1.96 bits per heavy atom. The largest absolute Gasteiger partial charge is 0.368 e. The van der Waals surface area contributed by atoms with E-state index in [0.29, 0.717) is 17.8 Å². The van der Waals surface area contributed by atoms with Crippen molar-refractivity contribution in [2.75, 3.05) is 11.9 Å². The minimum absolute atomic E-state index is 0.0308. The molecular formula is C18H22N8O2. The lowest BCUT2D eigenvalue weighted by Crippen LogP contribution is -2.35. The van der Waals surface area contributed by atoms with Gasteiger partial charge in [0, 0.05) is 6.54 Å². The fourth-order valence-corrected chi connectivity index (χ4v) is 2.18. The SMILES string of the molecule is CCC(Nc1cnc(C(N)=O)c(N=C(C=Nc2ccccc2)CN)n1)C(N)=O. The van der Waals surface area contributed by atoms with Crippen molar-refractivity contribution in [1.82, 2.24) is 9.97 Å². The Bertz CT molecular complexity index is 896. The third kappa shape index (κ3) is 5.68. The molecule has 1 heterocycles. The second-order valence-corrected chi connectivity index (χ2v) is 5.70. The molecule has 2 amide bonds. The number of nitrogens with two attached hydrogens (primary N) is 3. The number of hydrogen-bond donors (Lipinski definition) is 4. The molecule has 0 bridgehead atoms. The summed E-state index contributed by atoms with van der Waals surface area (Å²) in [5.74, 6) is -1.13. The number of nitrogens with zero attached hydrogens (tertiary/aromatic N) is 4. The number of carbonyl (C=O) groups excluding carboxylic acids is 2. The van der Waals surface area contributed by atoms with Gasteiger partial charge < -0.3 is 22.5 Å². The van der Waals surface area contributed by atoms with E-state index < -0.39 is 17.9 Å². The number of para-hydroxylation sites is 1. The molecule has 1 atom stereocenters. The summed E-state index contributed by atoms with van der Waals surface area (Å²) in [4.78, 5) is 39.8. The van der Waals surface area contributed by atoms with E-state index in [9.17, 15) is 9.59 Å². The maximum Gasteiger partial charge on any atom is 0.271 e. The van der Waals surface area contributed by atoms with E-state index in [1.807, 2.05) is 30.3 Å². The van der Waals surface area contributed by atoms with E-state index in [1.54, 1.807) is 6.92 Å². The number of rotatable bonds is 9. The lowest BCUT2D eigenvalue weighted by atomic mass is 10.2. The first-order valence-electron chi connectivity index (χ1n) is 8.54. The highest BCUT2D eigenvalue weighted by Crippen LogP contribution is 2.18. The van der Waals surface area contributed by atoms with Crippen LogP contribution in [0, 0.1) is 0 Å². The van der Waals surface area contributed by atoms with Gasteiger partial charge in [0.25, 0.3) is 5.91 Å². The molecule has 146 valence electrons. The van der Waals surface area contributed by atoms with Gasteiger partial charge in [-0.05, 0) is 18.6 Å². The molecule has 1 aromatic heterocycles. The Kier molecular flexibility index (Phi) is 7.28. The highest BCUT2D eigenvalue weighted by atomic mass is 16.1. The fourth-order valence-electron chi connectivity index (χ4n) is 2.18. The van der Waals surface area contributed by atoms with Crippen LogP contribution in [0.25, 0.3) is 0 Å². The van der Waals surface area contributed by atoms with Gasteiger partial charge in [-0.3, -0.25) is 14.6 Å². The molecule has 10 nitrogen and oxygen atoms in total. The van der Waals surface area contributed by atoms with Crippen molar-refractivity contribution in [2.45, 2.75) is 19.4 Å². The molecule has 0 saturated heterocycles. The van der Waals surface area contributed by atoms with Gasteiger partial charge in [-0.1, -0.05) is 25.1 Å². The zero-order chi connectivity index (χ0) is 20.5. The number of nitrogens with one attached hydrogen (secondary N) is 1. The van der Waals surface area contributed by atoms with Crippen LogP contribution in [0.15, 0.2) is 46.5 Å². The van der Waals surface area contributed by atoms with E-state index in [-0.39, 0.29) is 23.9 Å². The minimum Gasteiger partial charge on any atom is -0.368 e. The van der Waals surface area contributed by atoms with Crippen LogP contribution in [-0.2, 0) is 4.79 Å². The number of aromatic nitrogens is 2. The Morgan fingerprint density at radius 1 is 1.25 bits per heavy atom. The highest BCUT2D eigenvalue weighted by molar-refractivity contribution is 6.32. The summed E-state index contributed by atoms with van der Waals surface area (Å²) >= 11 is 0. The van der Waals surface area contributed by atoms with Crippen LogP contribution in [0.4, 0.5) is 17.3 Å². The summed E-state index contributed by atoms with van der Waals surface area (Å²) in [6.07, 6.45) is 3.20. The van der Waals surface area contributed by atoms with Crippen LogP contribution in [-0.4, -0.2) is 46.3 Å². The summed E-state index contributed by atoms with van der Waals surface area (Å²) in [6, 6.07) is 8.57. The third-order valence-electron chi connectivity index (χ3n) is 3.64. The lowest BCUT2D eigenvalue weighted by Gasteiger charge is -2.14. The van der Waals surface area contributed by atoms with E-state index in [2.05, 4.69) is 25.3 Å². The zero-order valence-corrected chi connectivity index (χ0v) is 15.4. The summed E-state index contributed by atoms with van der Waals surface area (Å²) in [6.45, 7) is 1.84. The topological polar surface area (TPSA) is 175 Å². The number of primary amides is 2. The Hall–Kier alpha value is -3.66. The van der Waals surface area contributed by atoms with E-state index in [1.165, 1.54) is 12.4 Å². The molecule has 0 fully saturated rings. The van der Waals surface area contributed by atoms with Gasteiger partial charge in [-0.15, -0.1) is 0 Å². The maximum absolute atomic E-state index is 11.7. The molecule has 0 radical (unpaired) electrons. The van der Waals surface area contributed by atoms with Gasteiger partial charge in [-0.2, -0.15) is 0 Å². The second-order valence-electron chi connectivity index (χ2n) is 5.70. The number of anilines is 1. The van der Waals surface area contributed by atoms with Gasteiger partial charge in [0.2, 0.25) is 5.91 Å². The standard InChI is InChI=1S/C18H22N8O2/c1-2-13(16(20)27)25-14-10-23-15(17(21)28)18(26-14)24-12(8-19)9-22-11-6-4-3-5-7-11/h3-7,9-10,13H,2,8,19H2,1H3,(H2,20,27)(H2,21,28)(H,25,26). The van der Waals surface area contributed by atoms with Gasteiger partial charge >= 0.3 is 0 Å². The van der Waals surface area contributed by atoms with Crippen LogP contribution in [0.1, 0.15) is 23.8 Å². The van der Waals surface area contributed by atoms with Gasteiger partial charge in [-0.25, -0.2) is 15.0 Å². The summed E-state index contributed by atoms with van der Waals surface area (Å²) in [7, 11) is 0. The first-order valence-corrected chi connectivity index (χ1v) is 8.54. The van der Waals surface area contributed by atoms with Crippen LogP contribution in [0.5, 0.6) is 0 Å². The first-order chi connectivity index (χ1) is 13.4. The number of benzene rings is 1. The van der Waals surface area contributed by atoms with Crippen molar-refractivity contribution in [3.05, 3.63) is 42.2 Å². The van der Waals surface area contributed by atoms with Crippen molar-refractivity contribution in [1.29, 1.82) is 0 Å². The quantitative estimate of drug-likeness (QED) is 0.464. The average molecular weight is 382 g/mol. The molecule has 1 unspecified atom stereocenters. The molecule has 28 heavy (non-hydrogen) atoms. The lowest BCUT2D eigenvalue weighted by molar-refractivity contribution is -0.118. The normalized spacial score (nSPS) is 12.7. The summed E-state index contributed by atoms with van der Waals surface area (Å²) in [5, 5.41) is 2.85. The molecule has 0 spiro atoms. The van der Waals surface area contributed by atoms with Crippen molar-refractivity contribution in [3.8, 4) is 0 Å². The predicted octanol–water partition coefficient (Wildman–Crippen LogP) is 0.685. The average Bonchev–Trinajstić information content (AvgIpc) is 2.69. The molecule has 1 aromatic carbocycles. The van der Waals surface area contributed by atoms with Gasteiger partial charge in [0.05, 0.1) is 23.8 Å². The van der Waals surface area contributed by atoms with Crippen molar-refractivity contribution < 1.29 is 9.59 Å². The molecule has 0 aliphatic carbocycles. The zero-order valence-electron chi connectivity index (χ0n) is 15.4. The van der Waals surface area contributed by atoms with Crippen LogP contribution >= 0.6 is 0 Å². The van der Waals surface area contributed by atoms with Crippen molar-refractivity contribution >= 4 is 41.1 Å². The molecule has 0 aliphatic heterocycles. The Morgan fingerprint density at radius 3 is 2.54 bits per heavy atom. The van der Waals surface area contributed by atoms with Crippen LogP contribution in [0.2, 0.25) is 0 Å². The molecule has 2 aromatic rings. The molecule has 0 saturated carbocycles. The Balaban J connectivity index is 2.37. The predicted molar refractivity (Wildman–Crippen MR) is 108 cm³/mol. The van der Waals surface area contributed by atoms with E-state index in [0.717, 1.165) is 0 Å². The number of hydrogen-bond acceptors (Lipinski definition) is 8. The molecular weight excluding hydrogens is 360 g/mol. The minimum atomic E-state index is -0.795. The van der Waals surface area contributed by atoms with Gasteiger partial charge in [0.1, 0.15) is 11.9 Å². The van der Waals surface area contributed by atoms with Crippen molar-refractivity contribution in [2.24, 2.45) is 27.2 Å². The molecule has 10 heteroatoms. The number of amides is 2. The third-order valence-corrected chi connectivity index (χ3v) is 3.64. The Labute approximate surface area is 162 Å². The van der Waals surface area contributed by atoms with E-state index in [4.69, 9.17) is 17.2 Å². The maximum atomic E-state index is 11.7.